The number of para-hydroxylation sites is 1. The molecule has 2 aromatic carbocycles. The number of hydrogen-bond acceptors (Lipinski definition) is 4. The molecule has 0 aromatic heterocycles. The van der Waals surface area contributed by atoms with Crippen LogP contribution in [0.4, 0.5) is 5.69 Å². The lowest BCUT2D eigenvalue weighted by molar-refractivity contribution is -0.906. The molecule has 6 heteroatoms. The molecule has 0 unspecified atom stereocenters. The number of carbonyl (C=O) groups is 2. The van der Waals surface area contributed by atoms with Gasteiger partial charge < -0.3 is 14.7 Å². The van der Waals surface area contributed by atoms with Crippen LogP contribution < -0.4 is 9.80 Å². The van der Waals surface area contributed by atoms with E-state index in [1.807, 2.05) is 36.4 Å². The van der Waals surface area contributed by atoms with Gasteiger partial charge in [0, 0.05) is 11.1 Å². The summed E-state index contributed by atoms with van der Waals surface area (Å²) in [5.41, 5.74) is 1.07. The quantitative estimate of drug-likeness (QED) is 0.799. The third kappa shape index (κ3) is 2.82. The van der Waals surface area contributed by atoms with E-state index < -0.39 is 11.5 Å². The Morgan fingerprint density at radius 3 is 2.62 bits per heavy atom. The van der Waals surface area contributed by atoms with Crippen molar-refractivity contribution in [2.45, 2.75) is 18.4 Å². The smallest absolute Gasteiger partial charge is 0.268 e. The van der Waals surface area contributed by atoms with Gasteiger partial charge in [-0.25, -0.2) is 0 Å². The van der Waals surface area contributed by atoms with Crippen molar-refractivity contribution in [3.05, 3.63) is 65.2 Å². The number of quaternary nitrogens is 1. The van der Waals surface area contributed by atoms with Crippen LogP contribution in [0.3, 0.4) is 0 Å². The number of aryl methyl sites for hydroxylation is 1. The first kappa shape index (κ1) is 18.5. The fourth-order valence-electron chi connectivity index (χ4n) is 4.99. The number of amides is 1. The van der Waals surface area contributed by atoms with Gasteiger partial charge >= 0.3 is 0 Å². The number of nitrogens with zero attached hydrogens (tertiary/aromatic N) is 1. The summed E-state index contributed by atoms with van der Waals surface area (Å²) in [6.07, 6.45) is 1.14. The van der Waals surface area contributed by atoms with E-state index in [2.05, 4.69) is 0 Å². The number of ether oxygens (including phenoxy) is 1. The first-order valence-electron chi connectivity index (χ1n) is 10.3. The Morgan fingerprint density at radius 1 is 1.07 bits per heavy atom. The molecule has 0 radical (unpaired) electrons. The highest BCUT2D eigenvalue weighted by molar-refractivity contribution is 6.12. The van der Waals surface area contributed by atoms with Crippen molar-refractivity contribution in [3.63, 3.8) is 0 Å². The van der Waals surface area contributed by atoms with Crippen LogP contribution in [0.2, 0.25) is 0 Å². The van der Waals surface area contributed by atoms with Crippen LogP contribution in [0.25, 0.3) is 0 Å². The van der Waals surface area contributed by atoms with Gasteiger partial charge in [-0.05, 0) is 24.5 Å². The van der Waals surface area contributed by atoms with Gasteiger partial charge in [0.1, 0.15) is 13.1 Å². The van der Waals surface area contributed by atoms with Crippen LogP contribution in [-0.4, -0.2) is 49.8 Å². The molecule has 1 aliphatic carbocycles. The Morgan fingerprint density at radius 2 is 1.79 bits per heavy atom. The molecule has 2 aromatic rings. The molecule has 0 spiro atoms. The standard InChI is InChI=1S/C23H24N2O4/c26-21-17-6-2-1-5-16(17)9-10-19(21)23(28)18-7-3-4-8-20(18)25(22(23)27)15-24-11-13-29-14-12-24/h1-8,19,28H,9-15H2/p+1/t19-,23-/m0/s1. The minimum atomic E-state index is -1.81. The minimum Gasteiger partial charge on any atom is -0.375 e. The van der Waals surface area contributed by atoms with Crippen molar-refractivity contribution in [1.82, 2.24) is 0 Å². The Labute approximate surface area is 169 Å². The third-order valence-corrected chi connectivity index (χ3v) is 6.56. The van der Waals surface area contributed by atoms with E-state index in [1.54, 1.807) is 17.0 Å². The van der Waals surface area contributed by atoms with E-state index in [0.29, 0.717) is 49.5 Å². The molecule has 1 fully saturated rings. The van der Waals surface area contributed by atoms with Gasteiger partial charge in [0.15, 0.2) is 18.1 Å². The zero-order valence-electron chi connectivity index (χ0n) is 16.3. The zero-order chi connectivity index (χ0) is 20.0. The lowest BCUT2D eigenvalue weighted by Crippen LogP contribution is -3.15. The van der Waals surface area contributed by atoms with Gasteiger partial charge in [-0.2, -0.15) is 0 Å². The molecule has 2 N–H and O–H groups in total. The van der Waals surface area contributed by atoms with Gasteiger partial charge in [-0.1, -0.05) is 42.5 Å². The summed E-state index contributed by atoms with van der Waals surface area (Å²) in [6, 6.07) is 14.9. The number of Topliss-reactive ketones (excluding diaryl/α,β-unsaturated/α-hetero) is 1. The normalized spacial score (nSPS) is 27.1. The molecule has 6 nitrogen and oxygen atoms in total. The number of fused-ring (bicyclic) bond motifs is 2. The highest BCUT2D eigenvalue weighted by Gasteiger charge is 2.58. The Hall–Kier alpha value is -2.54. The number of morpholine rings is 1. The Bertz CT molecular complexity index is 969. The van der Waals surface area contributed by atoms with Gasteiger partial charge in [0.05, 0.1) is 24.8 Å². The number of anilines is 1. The maximum Gasteiger partial charge on any atom is 0.268 e. The van der Waals surface area contributed by atoms with Gasteiger partial charge in [-0.15, -0.1) is 0 Å². The molecule has 0 bridgehead atoms. The minimum absolute atomic E-state index is 0.141. The van der Waals surface area contributed by atoms with Crippen LogP contribution in [0.1, 0.15) is 27.9 Å². The number of rotatable bonds is 3. The van der Waals surface area contributed by atoms with Crippen molar-refractivity contribution >= 4 is 17.4 Å². The van der Waals surface area contributed by atoms with E-state index in [1.165, 1.54) is 4.90 Å². The van der Waals surface area contributed by atoms with E-state index in [0.717, 1.165) is 18.7 Å². The predicted octanol–water partition coefficient (Wildman–Crippen LogP) is 0.539. The van der Waals surface area contributed by atoms with Gasteiger partial charge in [-0.3, -0.25) is 14.5 Å². The number of nitrogens with one attached hydrogen (secondary N) is 1. The fraction of sp³-hybridized carbons (Fsp3) is 0.391. The molecule has 3 aliphatic rings. The van der Waals surface area contributed by atoms with Crippen molar-refractivity contribution in [3.8, 4) is 0 Å². The number of ketones is 1. The summed E-state index contributed by atoms with van der Waals surface area (Å²) in [6.45, 7) is 3.45. The molecule has 1 amide bonds. The van der Waals surface area contributed by atoms with Gasteiger partial charge in [0.25, 0.3) is 5.91 Å². The second kappa shape index (κ2) is 7.06. The lowest BCUT2D eigenvalue weighted by atomic mass is 9.71. The molecule has 1 saturated heterocycles. The SMILES string of the molecule is O=C1c2ccccc2CC[C@@H]1[C@]1(O)C(=O)N(C[NH+]2CCOCC2)c2ccccc21. The molecule has 2 atom stereocenters. The molecule has 2 aliphatic heterocycles. The number of carbonyl (C=O) groups excluding carboxylic acids is 2. The second-order valence-corrected chi connectivity index (χ2v) is 8.15. The van der Waals surface area contributed by atoms with Gasteiger partial charge in [0.2, 0.25) is 0 Å². The van der Waals surface area contributed by atoms with Crippen molar-refractivity contribution < 1.29 is 24.3 Å². The summed E-state index contributed by atoms with van der Waals surface area (Å²) in [7, 11) is 0. The van der Waals surface area contributed by atoms with Crippen molar-refractivity contribution in [2.24, 2.45) is 5.92 Å². The molecular weight excluding hydrogens is 368 g/mol. The first-order valence-corrected chi connectivity index (χ1v) is 10.3. The lowest BCUT2D eigenvalue weighted by Gasteiger charge is -2.34. The maximum absolute atomic E-state index is 13.6. The van der Waals surface area contributed by atoms with Crippen molar-refractivity contribution in [1.29, 1.82) is 0 Å². The molecule has 150 valence electrons. The first-order chi connectivity index (χ1) is 14.1. The molecule has 29 heavy (non-hydrogen) atoms. The highest BCUT2D eigenvalue weighted by atomic mass is 16.5. The molecule has 0 saturated carbocycles. The summed E-state index contributed by atoms with van der Waals surface area (Å²) < 4.78 is 5.43. The van der Waals surface area contributed by atoms with Crippen LogP contribution in [-0.2, 0) is 21.6 Å². The van der Waals surface area contributed by atoms with Crippen LogP contribution >= 0.6 is 0 Å². The van der Waals surface area contributed by atoms with Crippen LogP contribution in [0.15, 0.2) is 48.5 Å². The number of hydrogen-bond donors (Lipinski definition) is 2. The third-order valence-electron chi connectivity index (χ3n) is 6.56. The molecular formula is C23H25N2O4+. The summed E-state index contributed by atoms with van der Waals surface area (Å²) in [5.74, 6) is -1.29. The highest BCUT2D eigenvalue weighted by Crippen LogP contribution is 2.47. The summed E-state index contributed by atoms with van der Waals surface area (Å²) >= 11 is 0. The predicted molar refractivity (Wildman–Crippen MR) is 107 cm³/mol. The molecule has 5 rings (SSSR count). The van der Waals surface area contributed by atoms with E-state index in [4.69, 9.17) is 4.74 Å². The van der Waals surface area contributed by atoms with Crippen LogP contribution in [0.5, 0.6) is 0 Å². The summed E-state index contributed by atoms with van der Waals surface area (Å²) in [4.78, 5) is 29.8. The molecule has 2 heterocycles. The van der Waals surface area contributed by atoms with E-state index in [9.17, 15) is 14.7 Å². The Balaban J connectivity index is 1.53. The maximum atomic E-state index is 13.6. The van der Waals surface area contributed by atoms with E-state index >= 15 is 0 Å². The van der Waals surface area contributed by atoms with E-state index in [-0.39, 0.29) is 11.7 Å². The summed E-state index contributed by atoms with van der Waals surface area (Å²) in [5, 5.41) is 11.8. The Kier molecular flexibility index (Phi) is 4.50. The van der Waals surface area contributed by atoms with Crippen molar-refractivity contribution in [2.75, 3.05) is 37.9 Å². The topological polar surface area (TPSA) is 71.3 Å². The number of benzene rings is 2. The monoisotopic (exact) mass is 393 g/mol. The average Bonchev–Trinajstić information content (AvgIpc) is 2.98. The largest absolute Gasteiger partial charge is 0.375 e. The average molecular weight is 393 g/mol. The fourth-order valence-corrected chi connectivity index (χ4v) is 4.99. The van der Waals surface area contributed by atoms with Crippen LogP contribution in [0, 0.1) is 5.92 Å². The zero-order valence-corrected chi connectivity index (χ0v) is 16.3. The number of aliphatic hydroxyl groups is 1. The second-order valence-electron chi connectivity index (χ2n) is 8.15.